The fourth-order valence-corrected chi connectivity index (χ4v) is 3.72. The van der Waals surface area contributed by atoms with Crippen LogP contribution in [0.2, 0.25) is 0 Å². The van der Waals surface area contributed by atoms with E-state index in [2.05, 4.69) is 27.9 Å². The molecule has 1 aromatic heterocycles. The third-order valence-electron chi connectivity index (χ3n) is 3.17. The van der Waals surface area contributed by atoms with Gasteiger partial charge in [0.15, 0.2) is 0 Å². The number of carbonyl (C=O) groups excluding carboxylic acids is 1. The molecule has 0 aliphatic carbocycles. The number of carbonyl (C=O) groups is 1. The topological polar surface area (TPSA) is 66.5 Å². The minimum atomic E-state index is -0.264. The van der Waals surface area contributed by atoms with Crippen LogP contribution in [0.1, 0.15) is 5.01 Å². The standard InChI is InChI=1S/C15H18N4O2S2/c20-15(18-19-6-8-21-9-7-19)17-13-10-23-14(16-13)11-22-12-4-2-1-3-5-12/h1-5,10H,6-9,11H2,(H2,17,18,20). The molecule has 2 amide bonds. The van der Waals surface area contributed by atoms with Crippen LogP contribution in [-0.2, 0) is 10.5 Å². The van der Waals surface area contributed by atoms with Gasteiger partial charge in [0.1, 0.15) is 10.8 Å². The quantitative estimate of drug-likeness (QED) is 0.812. The molecule has 0 bridgehead atoms. The highest BCUT2D eigenvalue weighted by molar-refractivity contribution is 7.98. The van der Waals surface area contributed by atoms with E-state index in [4.69, 9.17) is 4.74 Å². The number of hydrazine groups is 1. The van der Waals surface area contributed by atoms with E-state index in [1.165, 1.54) is 4.90 Å². The van der Waals surface area contributed by atoms with E-state index in [0.717, 1.165) is 10.8 Å². The lowest BCUT2D eigenvalue weighted by molar-refractivity contribution is 0.0207. The third kappa shape index (κ3) is 5.21. The molecule has 2 N–H and O–H groups in total. The van der Waals surface area contributed by atoms with Gasteiger partial charge in [-0.3, -0.25) is 10.7 Å². The van der Waals surface area contributed by atoms with Gasteiger partial charge in [-0.25, -0.2) is 14.8 Å². The van der Waals surface area contributed by atoms with E-state index in [9.17, 15) is 4.79 Å². The first-order chi connectivity index (χ1) is 11.3. The molecule has 3 rings (SSSR count). The molecule has 23 heavy (non-hydrogen) atoms. The number of hydrogen-bond acceptors (Lipinski definition) is 6. The maximum atomic E-state index is 11.9. The summed E-state index contributed by atoms with van der Waals surface area (Å²) in [4.78, 5) is 17.6. The predicted molar refractivity (Wildman–Crippen MR) is 92.7 cm³/mol. The zero-order valence-electron chi connectivity index (χ0n) is 12.5. The van der Waals surface area contributed by atoms with Gasteiger partial charge < -0.3 is 4.74 Å². The van der Waals surface area contributed by atoms with E-state index in [-0.39, 0.29) is 6.03 Å². The molecule has 0 radical (unpaired) electrons. The lowest BCUT2D eigenvalue weighted by atomic mass is 10.4. The number of nitrogens with one attached hydrogen (secondary N) is 2. The van der Waals surface area contributed by atoms with Crippen LogP contribution in [-0.4, -0.2) is 42.3 Å². The summed E-state index contributed by atoms with van der Waals surface area (Å²) < 4.78 is 5.24. The highest BCUT2D eigenvalue weighted by atomic mass is 32.2. The summed E-state index contributed by atoms with van der Waals surface area (Å²) in [5, 5.41) is 7.46. The Hall–Kier alpha value is -1.61. The summed E-state index contributed by atoms with van der Waals surface area (Å²) in [6.07, 6.45) is 0. The molecular formula is C15H18N4O2S2. The minimum absolute atomic E-state index is 0.264. The van der Waals surface area contributed by atoms with Crippen molar-refractivity contribution < 1.29 is 9.53 Å². The third-order valence-corrected chi connectivity index (χ3v) is 5.22. The molecule has 2 heterocycles. The summed E-state index contributed by atoms with van der Waals surface area (Å²) in [5.74, 6) is 1.38. The fraction of sp³-hybridized carbons (Fsp3) is 0.333. The van der Waals surface area contributed by atoms with Crippen LogP contribution in [0.3, 0.4) is 0 Å². The number of amides is 2. The maximum absolute atomic E-state index is 11.9. The minimum Gasteiger partial charge on any atom is -0.379 e. The molecule has 1 saturated heterocycles. The molecule has 1 fully saturated rings. The van der Waals surface area contributed by atoms with Crippen molar-refractivity contribution >= 4 is 34.9 Å². The summed E-state index contributed by atoms with van der Waals surface area (Å²) in [6.45, 7) is 2.67. The lowest BCUT2D eigenvalue weighted by Crippen LogP contribution is -2.49. The van der Waals surface area contributed by atoms with Crippen molar-refractivity contribution in [2.75, 3.05) is 31.6 Å². The van der Waals surface area contributed by atoms with Crippen LogP contribution in [0.4, 0.5) is 10.6 Å². The Balaban J connectivity index is 1.45. The van der Waals surface area contributed by atoms with Crippen LogP contribution < -0.4 is 10.7 Å². The number of thiazole rings is 1. The zero-order valence-corrected chi connectivity index (χ0v) is 14.2. The second-order valence-corrected chi connectivity index (χ2v) is 6.88. The molecule has 8 heteroatoms. The molecule has 0 saturated carbocycles. The maximum Gasteiger partial charge on any atom is 0.334 e. The van der Waals surface area contributed by atoms with Crippen molar-refractivity contribution in [1.29, 1.82) is 0 Å². The van der Waals surface area contributed by atoms with E-state index in [1.54, 1.807) is 23.1 Å². The van der Waals surface area contributed by atoms with Gasteiger partial charge in [-0.15, -0.1) is 23.1 Å². The first-order valence-electron chi connectivity index (χ1n) is 7.32. The van der Waals surface area contributed by atoms with Crippen molar-refractivity contribution in [2.45, 2.75) is 10.6 Å². The molecule has 0 spiro atoms. The number of benzene rings is 1. The second kappa shape index (κ2) is 8.30. The summed E-state index contributed by atoms with van der Waals surface area (Å²) in [5.41, 5.74) is 2.80. The Morgan fingerprint density at radius 1 is 1.30 bits per heavy atom. The Bertz CT molecular complexity index is 629. The molecule has 1 aliphatic rings. The van der Waals surface area contributed by atoms with Crippen LogP contribution in [0, 0.1) is 0 Å². The van der Waals surface area contributed by atoms with Crippen LogP contribution in [0.15, 0.2) is 40.6 Å². The van der Waals surface area contributed by atoms with Crippen molar-refractivity contribution in [3.63, 3.8) is 0 Å². The smallest absolute Gasteiger partial charge is 0.334 e. The van der Waals surface area contributed by atoms with E-state index >= 15 is 0 Å². The van der Waals surface area contributed by atoms with Crippen molar-refractivity contribution in [3.8, 4) is 0 Å². The van der Waals surface area contributed by atoms with Crippen molar-refractivity contribution in [1.82, 2.24) is 15.4 Å². The summed E-state index contributed by atoms with van der Waals surface area (Å²) in [7, 11) is 0. The van der Waals surface area contributed by atoms with Gasteiger partial charge in [-0.2, -0.15) is 0 Å². The first-order valence-corrected chi connectivity index (χ1v) is 9.19. The molecule has 1 aliphatic heterocycles. The van der Waals surface area contributed by atoms with E-state index in [0.29, 0.717) is 32.1 Å². The fourth-order valence-electron chi connectivity index (χ4n) is 2.06. The highest BCUT2D eigenvalue weighted by Crippen LogP contribution is 2.25. The Morgan fingerprint density at radius 3 is 2.87 bits per heavy atom. The SMILES string of the molecule is O=C(Nc1csc(CSc2ccccc2)n1)NN1CCOCC1. The average molecular weight is 350 g/mol. The number of urea groups is 1. The van der Waals surface area contributed by atoms with E-state index in [1.807, 2.05) is 28.6 Å². The first kappa shape index (κ1) is 16.3. The molecule has 2 aromatic rings. The zero-order chi connectivity index (χ0) is 15.9. The van der Waals surface area contributed by atoms with Gasteiger partial charge in [0, 0.05) is 23.4 Å². The largest absolute Gasteiger partial charge is 0.379 e. The number of aromatic nitrogens is 1. The van der Waals surface area contributed by atoms with Gasteiger partial charge in [0.25, 0.3) is 0 Å². The number of ether oxygens (including phenoxy) is 1. The van der Waals surface area contributed by atoms with Gasteiger partial charge in [-0.05, 0) is 12.1 Å². The molecule has 122 valence electrons. The monoisotopic (exact) mass is 350 g/mol. The van der Waals surface area contributed by atoms with Gasteiger partial charge in [-0.1, -0.05) is 18.2 Å². The number of thioether (sulfide) groups is 1. The number of anilines is 1. The summed E-state index contributed by atoms with van der Waals surface area (Å²) in [6, 6.07) is 9.93. The molecular weight excluding hydrogens is 332 g/mol. The van der Waals surface area contributed by atoms with Crippen LogP contribution >= 0.6 is 23.1 Å². The molecule has 6 nitrogen and oxygen atoms in total. The predicted octanol–water partition coefficient (Wildman–Crippen LogP) is 2.80. The average Bonchev–Trinajstić information content (AvgIpc) is 3.02. The lowest BCUT2D eigenvalue weighted by Gasteiger charge is -2.26. The number of nitrogens with zero attached hydrogens (tertiary/aromatic N) is 2. The van der Waals surface area contributed by atoms with Crippen molar-refractivity contribution in [2.24, 2.45) is 0 Å². The Labute approximate surface area is 143 Å². The second-order valence-electron chi connectivity index (χ2n) is 4.89. The molecule has 1 aromatic carbocycles. The van der Waals surface area contributed by atoms with Crippen molar-refractivity contribution in [3.05, 3.63) is 40.7 Å². The Kier molecular flexibility index (Phi) is 5.87. The van der Waals surface area contributed by atoms with E-state index < -0.39 is 0 Å². The summed E-state index contributed by atoms with van der Waals surface area (Å²) >= 11 is 3.28. The number of hydrogen-bond donors (Lipinski definition) is 2. The number of morpholine rings is 1. The molecule has 0 unspecified atom stereocenters. The van der Waals surface area contributed by atoms with Gasteiger partial charge in [0.05, 0.1) is 19.0 Å². The van der Waals surface area contributed by atoms with Crippen LogP contribution in [0.5, 0.6) is 0 Å². The van der Waals surface area contributed by atoms with Gasteiger partial charge >= 0.3 is 6.03 Å². The Morgan fingerprint density at radius 2 is 2.09 bits per heavy atom. The highest BCUT2D eigenvalue weighted by Gasteiger charge is 2.13. The normalized spacial score (nSPS) is 15.3. The molecule has 0 atom stereocenters. The number of rotatable bonds is 5. The van der Waals surface area contributed by atoms with Gasteiger partial charge in [0.2, 0.25) is 0 Å². The van der Waals surface area contributed by atoms with Crippen LogP contribution in [0.25, 0.3) is 0 Å².